The zero-order chi connectivity index (χ0) is 17.6. The predicted octanol–water partition coefficient (Wildman–Crippen LogP) is 2.41. The van der Waals surface area contributed by atoms with Crippen LogP contribution in [0.25, 0.3) is 0 Å². The van der Waals surface area contributed by atoms with E-state index < -0.39 is 5.97 Å². The van der Waals surface area contributed by atoms with Gasteiger partial charge in [0, 0.05) is 43.6 Å². The minimum absolute atomic E-state index is 0.115. The molecule has 25 heavy (non-hydrogen) atoms. The Labute approximate surface area is 146 Å². The molecule has 6 heteroatoms. The SMILES string of the molecule is CC(=O)N1CCc2c(c(C3CC3)nn2Cc2ccc(C(=O)O)cc2)C1. The third-order valence-electron chi connectivity index (χ3n) is 5.11. The van der Waals surface area contributed by atoms with Gasteiger partial charge in [-0.05, 0) is 30.5 Å². The van der Waals surface area contributed by atoms with Crippen LogP contribution in [0.3, 0.4) is 0 Å². The molecule has 1 N–H and O–H groups in total. The number of aromatic carboxylic acids is 1. The molecule has 4 rings (SSSR count). The normalized spacial score (nSPS) is 16.6. The van der Waals surface area contributed by atoms with Crippen LogP contribution in [-0.4, -0.2) is 38.2 Å². The molecule has 0 radical (unpaired) electrons. The summed E-state index contributed by atoms with van der Waals surface area (Å²) >= 11 is 0. The van der Waals surface area contributed by atoms with Crippen LogP contribution >= 0.6 is 0 Å². The van der Waals surface area contributed by atoms with E-state index in [0.29, 0.717) is 24.6 Å². The molecule has 0 bridgehead atoms. The molecule has 0 spiro atoms. The second-order valence-corrected chi connectivity index (χ2v) is 6.94. The van der Waals surface area contributed by atoms with Gasteiger partial charge in [-0.25, -0.2) is 4.79 Å². The highest BCUT2D eigenvalue weighted by molar-refractivity contribution is 5.87. The lowest BCUT2D eigenvalue weighted by molar-refractivity contribution is -0.129. The number of hydrogen-bond donors (Lipinski definition) is 1. The third kappa shape index (κ3) is 3.04. The van der Waals surface area contributed by atoms with Gasteiger partial charge in [-0.15, -0.1) is 0 Å². The smallest absolute Gasteiger partial charge is 0.335 e. The van der Waals surface area contributed by atoms with Gasteiger partial charge in [0.25, 0.3) is 0 Å². The van der Waals surface area contributed by atoms with Gasteiger partial charge >= 0.3 is 5.97 Å². The van der Waals surface area contributed by atoms with Crippen LogP contribution in [0.15, 0.2) is 24.3 Å². The van der Waals surface area contributed by atoms with Crippen molar-refractivity contribution in [1.82, 2.24) is 14.7 Å². The molecule has 130 valence electrons. The number of carboxylic acids is 1. The maximum absolute atomic E-state index is 11.7. The highest BCUT2D eigenvalue weighted by atomic mass is 16.4. The van der Waals surface area contributed by atoms with E-state index in [0.717, 1.165) is 24.2 Å². The van der Waals surface area contributed by atoms with E-state index in [1.165, 1.54) is 24.1 Å². The minimum Gasteiger partial charge on any atom is -0.478 e. The molecule has 0 unspecified atom stereocenters. The molecule has 1 saturated carbocycles. The lowest BCUT2D eigenvalue weighted by Gasteiger charge is -2.27. The van der Waals surface area contributed by atoms with Crippen molar-refractivity contribution in [3.63, 3.8) is 0 Å². The summed E-state index contributed by atoms with van der Waals surface area (Å²) < 4.78 is 2.05. The molecule has 1 aromatic carbocycles. The van der Waals surface area contributed by atoms with E-state index in [1.54, 1.807) is 19.1 Å². The van der Waals surface area contributed by atoms with Gasteiger partial charge in [0.05, 0.1) is 17.8 Å². The molecular formula is C19H21N3O3. The van der Waals surface area contributed by atoms with Crippen LogP contribution in [0.2, 0.25) is 0 Å². The minimum atomic E-state index is -0.914. The Balaban J connectivity index is 1.63. The van der Waals surface area contributed by atoms with Gasteiger partial charge in [-0.3, -0.25) is 9.48 Å². The highest BCUT2D eigenvalue weighted by Gasteiger charge is 2.34. The second kappa shape index (κ2) is 6.02. The quantitative estimate of drug-likeness (QED) is 0.928. The summed E-state index contributed by atoms with van der Waals surface area (Å²) in [6.45, 7) is 3.65. The van der Waals surface area contributed by atoms with Crippen LogP contribution in [0.5, 0.6) is 0 Å². The molecule has 1 aliphatic carbocycles. The largest absolute Gasteiger partial charge is 0.478 e. The number of carbonyl (C=O) groups is 2. The van der Waals surface area contributed by atoms with Crippen LogP contribution in [0.1, 0.15) is 58.6 Å². The molecule has 0 saturated heterocycles. The molecular weight excluding hydrogens is 318 g/mol. The lowest BCUT2D eigenvalue weighted by Crippen LogP contribution is -2.35. The van der Waals surface area contributed by atoms with E-state index >= 15 is 0 Å². The number of hydrogen-bond acceptors (Lipinski definition) is 3. The molecule has 1 amide bonds. The van der Waals surface area contributed by atoms with Gasteiger partial charge in [0.2, 0.25) is 5.91 Å². The molecule has 1 aliphatic heterocycles. The van der Waals surface area contributed by atoms with Gasteiger partial charge in [0.15, 0.2) is 0 Å². The Morgan fingerprint density at radius 1 is 1.24 bits per heavy atom. The first-order valence-corrected chi connectivity index (χ1v) is 8.69. The van der Waals surface area contributed by atoms with Gasteiger partial charge in [0.1, 0.15) is 0 Å². The first-order valence-electron chi connectivity index (χ1n) is 8.69. The van der Waals surface area contributed by atoms with Crippen LogP contribution in [-0.2, 0) is 24.3 Å². The van der Waals surface area contributed by atoms with Crippen LogP contribution in [0.4, 0.5) is 0 Å². The summed E-state index contributed by atoms with van der Waals surface area (Å²) in [5, 5.41) is 13.9. The number of nitrogens with zero attached hydrogens (tertiary/aromatic N) is 3. The third-order valence-corrected chi connectivity index (χ3v) is 5.11. The highest BCUT2D eigenvalue weighted by Crippen LogP contribution is 2.42. The first-order chi connectivity index (χ1) is 12.0. The first kappa shape index (κ1) is 15.9. The molecule has 6 nitrogen and oxygen atoms in total. The monoisotopic (exact) mass is 339 g/mol. The Morgan fingerprint density at radius 3 is 2.56 bits per heavy atom. The van der Waals surface area contributed by atoms with Gasteiger partial charge in [-0.1, -0.05) is 12.1 Å². The summed E-state index contributed by atoms with van der Waals surface area (Å²) in [6, 6.07) is 6.96. The van der Waals surface area contributed by atoms with Crippen LogP contribution in [0, 0.1) is 0 Å². The van der Waals surface area contributed by atoms with Crippen molar-refractivity contribution in [2.24, 2.45) is 0 Å². The molecule has 2 heterocycles. The Kier molecular flexibility index (Phi) is 3.82. The van der Waals surface area contributed by atoms with E-state index in [-0.39, 0.29) is 5.91 Å². The number of benzene rings is 1. The van der Waals surface area contributed by atoms with Crippen molar-refractivity contribution >= 4 is 11.9 Å². The molecule has 1 aromatic heterocycles. The van der Waals surface area contributed by atoms with Crippen LogP contribution < -0.4 is 0 Å². The van der Waals surface area contributed by atoms with Gasteiger partial charge < -0.3 is 10.0 Å². The molecule has 2 aromatic rings. The Hall–Kier alpha value is -2.63. The maximum atomic E-state index is 11.7. The average Bonchev–Trinajstić information content (AvgIpc) is 3.38. The average molecular weight is 339 g/mol. The number of amides is 1. The molecule has 1 fully saturated rings. The fourth-order valence-electron chi connectivity index (χ4n) is 3.53. The number of rotatable bonds is 4. The lowest BCUT2D eigenvalue weighted by atomic mass is 10.0. The Morgan fingerprint density at radius 2 is 1.96 bits per heavy atom. The van der Waals surface area contributed by atoms with Crippen molar-refractivity contribution in [2.45, 2.75) is 45.2 Å². The Bertz CT molecular complexity index is 834. The van der Waals surface area contributed by atoms with E-state index in [9.17, 15) is 9.59 Å². The van der Waals surface area contributed by atoms with Crippen molar-refractivity contribution in [1.29, 1.82) is 0 Å². The zero-order valence-electron chi connectivity index (χ0n) is 14.2. The fourth-order valence-corrected chi connectivity index (χ4v) is 3.53. The maximum Gasteiger partial charge on any atom is 0.335 e. The number of carbonyl (C=O) groups excluding carboxylic acids is 1. The van der Waals surface area contributed by atoms with Crippen molar-refractivity contribution in [2.75, 3.05) is 6.54 Å². The summed E-state index contributed by atoms with van der Waals surface area (Å²) in [5.74, 6) is -0.260. The number of carboxylic acid groups (broad SMARTS) is 1. The molecule has 2 aliphatic rings. The number of aromatic nitrogens is 2. The topological polar surface area (TPSA) is 75.4 Å². The second-order valence-electron chi connectivity index (χ2n) is 6.94. The standard InChI is InChI=1S/C19H21N3O3/c1-12(23)21-9-8-17-16(11-21)18(14-6-7-14)20-22(17)10-13-2-4-15(5-3-13)19(24)25/h2-5,14H,6-11H2,1H3,(H,24,25). The van der Waals surface area contributed by atoms with E-state index in [4.69, 9.17) is 10.2 Å². The summed E-state index contributed by atoms with van der Waals surface area (Å²) in [5.41, 5.74) is 4.93. The summed E-state index contributed by atoms with van der Waals surface area (Å²) in [6.07, 6.45) is 3.18. The predicted molar refractivity (Wildman–Crippen MR) is 91.5 cm³/mol. The van der Waals surface area contributed by atoms with Crippen molar-refractivity contribution in [3.8, 4) is 0 Å². The number of fused-ring (bicyclic) bond motifs is 1. The van der Waals surface area contributed by atoms with E-state index in [1.807, 2.05) is 17.0 Å². The van der Waals surface area contributed by atoms with E-state index in [2.05, 4.69) is 4.68 Å². The summed E-state index contributed by atoms with van der Waals surface area (Å²) in [4.78, 5) is 24.6. The molecule has 0 atom stereocenters. The van der Waals surface area contributed by atoms with Crippen molar-refractivity contribution in [3.05, 3.63) is 52.3 Å². The van der Waals surface area contributed by atoms with Crippen molar-refractivity contribution < 1.29 is 14.7 Å². The van der Waals surface area contributed by atoms with Gasteiger partial charge in [-0.2, -0.15) is 5.10 Å². The summed E-state index contributed by atoms with van der Waals surface area (Å²) in [7, 11) is 0. The fraction of sp³-hybridized carbons (Fsp3) is 0.421. The zero-order valence-corrected chi connectivity index (χ0v) is 14.2.